The summed E-state index contributed by atoms with van der Waals surface area (Å²) in [6.07, 6.45) is 3.81. The number of hydrogen-bond acceptors (Lipinski definition) is 7. The van der Waals surface area contributed by atoms with E-state index in [1.807, 2.05) is 32.0 Å². The molecule has 3 aliphatic rings. The molecule has 0 radical (unpaired) electrons. The molecule has 0 bridgehead atoms. The lowest BCUT2D eigenvalue weighted by atomic mass is 9.73. The molecule has 168 valence electrons. The van der Waals surface area contributed by atoms with E-state index in [0.717, 1.165) is 55.9 Å². The molecule has 1 aliphatic carbocycles. The molecule has 5 heterocycles. The molecule has 2 atom stereocenters. The first-order valence-corrected chi connectivity index (χ1v) is 11.5. The van der Waals surface area contributed by atoms with Crippen molar-refractivity contribution in [1.29, 1.82) is 0 Å². The minimum absolute atomic E-state index is 0.0284. The van der Waals surface area contributed by atoms with Gasteiger partial charge in [0, 0.05) is 30.2 Å². The minimum atomic E-state index is -0.298. The Morgan fingerprint density at radius 2 is 1.97 bits per heavy atom. The highest BCUT2D eigenvalue weighted by atomic mass is 16.5. The molecule has 3 aromatic heterocycles. The standard InChI is InChI=1S/C23H29N7O2/c1-13-4-3-5-15(25-13)23(6-7-23)18-16-19(29-28-18)26-21(27-20(16)31)30-10-8-22(9-11-30)12-32-14(2)17(22)24/h3-5,14,17H,6-12,24H2,1-2H3,(H2,26,27,28,29,31)/t14-,17+/m0/s1. The Morgan fingerprint density at radius 3 is 2.62 bits per heavy atom. The van der Waals surface area contributed by atoms with Gasteiger partial charge in [-0.3, -0.25) is 19.9 Å². The van der Waals surface area contributed by atoms with Gasteiger partial charge in [-0.05, 0) is 51.7 Å². The second kappa shape index (κ2) is 6.86. The van der Waals surface area contributed by atoms with Crippen LogP contribution in [0.4, 0.5) is 5.95 Å². The van der Waals surface area contributed by atoms with E-state index in [1.54, 1.807) is 0 Å². The number of piperidine rings is 1. The number of aromatic amines is 2. The number of anilines is 1. The maximum absolute atomic E-state index is 13.2. The number of hydrogen-bond donors (Lipinski definition) is 3. The van der Waals surface area contributed by atoms with Gasteiger partial charge in [0.2, 0.25) is 5.95 Å². The predicted molar refractivity (Wildman–Crippen MR) is 121 cm³/mol. The van der Waals surface area contributed by atoms with Gasteiger partial charge in [-0.2, -0.15) is 10.1 Å². The molecule has 32 heavy (non-hydrogen) atoms. The molecule has 1 saturated carbocycles. The number of rotatable bonds is 3. The van der Waals surface area contributed by atoms with Crippen molar-refractivity contribution in [3.05, 3.63) is 45.6 Å². The zero-order valence-corrected chi connectivity index (χ0v) is 18.5. The molecule has 4 N–H and O–H groups in total. The summed E-state index contributed by atoms with van der Waals surface area (Å²) in [5.41, 5.74) is 9.25. The number of pyridine rings is 1. The maximum atomic E-state index is 13.2. The van der Waals surface area contributed by atoms with Crippen molar-refractivity contribution >= 4 is 17.0 Å². The first-order valence-electron chi connectivity index (χ1n) is 11.5. The summed E-state index contributed by atoms with van der Waals surface area (Å²) in [5, 5.41) is 8.13. The fourth-order valence-electron chi connectivity index (χ4n) is 5.61. The van der Waals surface area contributed by atoms with E-state index >= 15 is 0 Å². The van der Waals surface area contributed by atoms with Crippen LogP contribution in [0.1, 0.15) is 49.7 Å². The van der Waals surface area contributed by atoms with Crippen molar-refractivity contribution in [1.82, 2.24) is 25.1 Å². The second-order valence-corrected chi connectivity index (χ2v) is 9.82. The van der Waals surface area contributed by atoms with Crippen LogP contribution in [0.25, 0.3) is 11.0 Å². The molecule has 3 aromatic rings. The lowest BCUT2D eigenvalue weighted by Crippen LogP contribution is -2.51. The topological polar surface area (TPSA) is 126 Å². The van der Waals surface area contributed by atoms with Crippen molar-refractivity contribution in [2.75, 3.05) is 24.6 Å². The molecule has 1 spiro atoms. The van der Waals surface area contributed by atoms with Gasteiger partial charge < -0.3 is 15.4 Å². The number of nitrogens with zero attached hydrogens (tertiary/aromatic N) is 4. The highest BCUT2D eigenvalue weighted by molar-refractivity contribution is 5.80. The average molecular weight is 436 g/mol. The number of ether oxygens (including phenoxy) is 1. The Kier molecular flexibility index (Phi) is 4.26. The number of aromatic nitrogens is 5. The second-order valence-electron chi connectivity index (χ2n) is 9.82. The first kappa shape index (κ1) is 19.9. The number of aryl methyl sites for hydroxylation is 1. The van der Waals surface area contributed by atoms with Gasteiger partial charge in [-0.25, -0.2) is 0 Å². The number of nitrogens with two attached hydrogens (primary N) is 1. The molecule has 9 heteroatoms. The van der Waals surface area contributed by atoms with E-state index in [2.05, 4.69) is 20.1 Å². The van der Waals surface area contributed by atoms with Crippen LogP contribution < -0.4 is 16.2 Å². The molecular weight excluding hydrogens is 406 g/mol. The maximum Gasteiger partial charge on any atom is 0.263 e. The van der Waals surface area contributed by atoms with E-state index in [0.29, 0.717) is 23.6 Å². The molecule has 2 saturated heterocycles. The van der Waals surface area contributed by atoms with Crippen molar-refractivity contribution in [2.24, 2.45) is 11.1 Å². The van der Waals surface area contributed by atoms with Gasteiger partial charge in [-0.15, -0.1) is 0 Å². The zero-order valence-electron chi connectivity index (χ0n) is 18.5. The molecule has 0 amide bonds. The minimum Gasteiger partial charge on any atom is -0.376 e. The van der Waals surface area contributed by atoms with Crippen LogP contribution in [-0.4, -0.2) is 57.0 Å². The Morgan fingerprint density at radius 1 is 1.19 bits per heavy atom. The largest absolute Gasteiger partial charge is 0.376 e. The fraction of sp³-hybridized carbons (Fsp3) is 0.565. The van der Waals surface area contributed by atoms with E-state index in [9.17, 15) is 4.79 Å². The summed E-state index contributed by atoms with van der Waals surface area (Å²) >= 11 is 0. The third kappa shape index (κ3) is 2.84. The van der Waals surface area contributed by atoms with Crippen LogP contribution in [0.3, 0.4) is 0 Å². The normalized spacial score (nSPS) is 26.2. The van der Waals surface area contributed by atoms with E-state index in [1.165, 1.54) is 0 Å². The highest BCUT2D eigenvalue weighted by Gasteiger charge is 2.51. The molecular formula is C23H29N7O2. The quantitative estimate of drug-likeness (QED) is 0.572. The van der Waals surface area contributed by atoms with Crippen LogP contribution in [0.2, 0.25) is 0 Å². The van der Waals surface area contributed by atoms with Crippen LogP contribution in [-0.2, 0) is 10.2 Å². The van der Waals surface area contributed by atoms with Crippen LogP contribution in [0, 0.1) is 12.3 Å². The lowest BCUT2D eigenvalue weighted by Gasteiger charge is -2.41. The van der Waals surface area contributed by atoms with Gasteiger partial charge in [0.15, 0.2) is 5.65 Å². The Balaban J connectivity index is 1.31. The van der Waals surface area contributed by atoms with Crippen LogP contribution in [0.5, 0.6) is 0 Å². The van der Waals surface area contributed by atoms with Crippen molar-refractivity contribution in [2.45, 2.75) is 57.1 Å². The summed E-state index contributed by atoms with van der Waals surface area (Å²) in [6, 6.07) is 6.08. The summed E-state index contributed by atoms with van der Waals surface area (Å²) in [4.78, 5) is 27.8. The SMILES string of the molecule is Cc1cccc(C2(c3n[nH]c4nc(N5CCC6(CC5)CO[C@@H](C)[C@H]6N)[nH]c(=O)c34)CC2)n1. The zero-order chi connectivity index (χ0) is 22.1. The Labute approximate surface area is 185 Å². The van der Waals surface area contributed by atoms with Crippen molar-refractivity contribution in [3.8, 4) is 0 Å². The summed E-state index contributed by atoms with van der Waals surface area (Å²) in [6.45, 7) is 6.32. The number of fused-ring (bicyclic) bond motifs is 1. The molecule has 3 fully saturated rings. The molecule has 2 aliphatic heterocycles. The number of nitrogens with one attached hydrogen (secondary N) is 2. The van der Waals surface area contributed by atoms with Crippen molar-refractivity contribution in [3.63, 3.8) is 0 Å². The lowest BCUT2D eigenvalue weighted by molar-refractivity contribution is 0.0973. The third-order valence-electron chi connectivity index (χ3n) is 7.90. The highest BCUT2D eigenvalue weighted by Crippen LogP contribution is 2.53. The smallest absolute Gasteiger partial charge is 0.263 e. The summed E-state index contributed by atoms with van der Waals surface area (Å²) in [7, 11) is 0. The van der Waals surface area contributed by atoms with Gasteiger partial charge in [0.1, 0.15) is 5.39 Å². The van der Waals surface area contributed by atoms with Crippen LogP contribution >= 0.6 is 0 Å². The monoisotopic (exact) mass is 435 g/mol. The third-order valence-corrected chi connectivity index (χ3v) is 7.90. The van der Waals surface area contributed by atoms with Gasteiger partial charge in [-0.1, -0.05) is 6.07 Å². The van der Waals surface area contributed by atoms with Gasteiger partial charge in [0.05, 0.1) is 29.5 Å². The molecule has 0 aromatic carbocycles. The van der Waals surface area contributed by atoms with Crippen molar-refractivity contribution < 1.29 is 4.74 Å². The summed E-state index contributed by atoms with van der Waals surface area (Å²) in [5.74, 6) is 0.589. The fourth-order valence-corrected chi connectivity index (χ4v) is 5.61. The van der Waals surface area contributed by atoms with E-state index in [4.69, 9.17) is 20.4 Å². The van der Waals surface area contributed by atoms with Gasteiger partial charge in [0.25, 0.3) is 5.56 Å². The van der Waals surface area contributed by atoms with Crippen LogP contribution in [0.15, 0.2) is 23.0 Å². The molecule has 6 rings (SSSR count). The molecule has 9 nitrogen and oxygen atoms in total. The first-order chi connectivity index (χ1) is 15.4. The predicted octanol–water partition coefficient (Wildman–Crippen LogP) is 1.76. The Hall–Kier alpha value is -2.78. The number of H-pyrrole nitrogens is 2. The van der Waals surface area contributed by atoms with E-state index in [-0.39, 0.29) is 28.5 Å². The summed E-state index contributed by atoms with van der Waals surface area (Å²) < 4.78 is 5.83. The average Bonchev–Trinajstić information content (AvgIpc) is 3.42. The van der Waals surface area contributed by atoms with E-state index < -0.39 is 0 Å². The Bertz CT molecular complexity index is 1240. The van der Waals surface area contributed by atoms with Gasteiger partial charge >= 0.3 is 0 Å². The molecule has 0 unspecified atom stereocenters.